The molecule has 0 saturated heterocycles. The minimum atomic E-state index is -0.113. The van der Waals surface area contributed by atoms with Gasteiger partial charge in [0.1, 0.15) is 4.60 Å². The maximum atomic E-state index is 11.1. The molecule has 1 aromatic heterocycles. The lowest BCUT2D eigenvalue weighted by Crippen LogP contribution is -2.18. The number of pyridine rings is 1. The summed E-state index contributed by atoms with van der Waals surface area (Å²) >= 11 is 3.26. The van der Waals surface area contributed by atoms with Crippen LogP contribution in [0.25, 0.3) is 0 Å². The Morgan fingerprint density at radius 3 is 2.83 bits per heavy atom. The van der Waals surface area contributed by atoms with Gasteiger partial charge in [-0.15, -0.1) is 0 Å². The Morgan fingerprint density at radius 2 is 2.33 bits per heavy atom. The van der Waals surface area contributed by atoms with E-state index < -0.39 is 0 Å². The van der Waals surface area contributed by atoms with Crippen molar-refractivity contribution in [1.29, 1.82) is 0 Å². The van der Waals surface area contributed by atoms with Gasteiger partial charge in [0, 0.05) is 13.2 Å². The zero-order chi connectivity index (χ0) is 9.14. The molecule has 1 rings (SSSR count). The van der Waals surface area contributed by atoms with Crippen LogP contribution in [0.5, 0.6) is 0 Å². The van der Waals surface area contributed by atoms with Gasteiger partial charge in [-0.1, -0.05) is 0 Å². The molecule has 0 fully saturated rings. The molecule has 0 saturated carbocycles. The Kier molecular flexibility index (Phi) is 2.81. The maximum absolute atomic E-state index is 11.1. The van der Waals surface area contributed by atoms with E-state index in [1.54, 1.807) is 13.1 Å². The SMILES string of the molecule is CNC(=O)c1cnc(Br)c(C)c1. The Balaban J connectivity index is 3.05. The molecule has 0 spiro atoms. The second kappa shape index (κ2) is 3.67. The van der Waals surface area contributed by atoms with E-state index >= 15 is 0 Å². The van der Waals surface area contributed by atoms with Crippen molar-refractivity contribution in [2.24, 2.45) is 0 Å². The lowest BCUT2D eigenvalue weighted by molar-refractivity contribution is 0.0962. The van der Waals surface area contributed by atoms with Crippen molar-refractivity contribution in [2.75, 3.05) is 7.05 Å². The summed E-state index contributed by atoms with van der Waals surface area (Å²) in [7, 11) is 1.60. The topological polar surface area (TPSA) is 42.0 Å². The third-order valence-electron chi connectivity index (χ3n) is 1.50. The maximum Gasteiger partial charge on any atom is 0.252 e. The van der Waals surface area contributed by atoms with Crippen molar-refractivity contribution in [3.63, 3.8) is 0 Å². The molecule has 64 valence electrons. The first-order valence-corrected chi connectivity index (χ1v) is 4.28. The number of hydrogen-bond donors (Lipinski definition) is 1. The minimum Gasteiger partial charge on any atom is -0.355 e. The predicted octanol–water partition coefficient (Wildman–Crippen LogP) is 1.51. The molecule has 1 aromatic rings. The highest BCUT2D eigenvalue weighted by Crippen LogP contribution is 2.13. The lowest BCUT2D eigenvalue weighted by Gasteiger charge is -2.01. The van der Waals surface area contributed by atoms with E-state index in [9.17, 15) is 4.79 Å². The summed E-state index contributed by atoms with van der Waals surface area (Å²) in [5, 5.41) is 2.53. The number of nitrogens with one attached hydrogen (secondary N) is 1. The molecule has 0 atom stereocenters. The highest BCUT2D eigenvalue weighted by atomic mass is 79.9. The van der Waals surface area contributed by atoms with Gasteiger partial charge in [-0.2, -0.15) is 0 Å². The summed E-state index contributed by atoms with van der Waals surface area (Å²) in [4.78, 5) is 15.1. The summed E-state index contributed by atoms with van der Waals surface area (Å²) in [5.74, 6) is -0.113. The number of rotatable bonds is 1. The number of carbonyl (C=O) groups excluding carboxylic acids is 1. The fraction of sp³-hybridized carbons (Fsp3) is 0.250. The quantitative estimate of drug-likeness (QED) is 0.741. The van der Waals surface area contributed by atoms with E-state index in [2.05, 4.69) is 26.2 Å². The van der Waals surface area contributed by atoms with Gasteiger partial charge in [0.05, 0.1) is 5.56 Å². The number of amides is 1. The Bertz CT molecular complexity index is 312. The largest absolute Gasteiger partial charge is 0.355 e. The summed E-state index contributed by atoms with van der Waals surface area (Å²) in [6.45, 7) is 1.89. The number of hydrogen-bond acceptors (Lipinski definition) is 2. The van der Waals surface area contributed by atoms with Gasteiger partial charge in [-0.25, -0.2) is 4.98 Å². The minimum absolute atomic E-state index is 0.113. The van der Waals surface area contributed by atoms with Crippen LogP contribution in [0.15, 0.2) is 16.9 Å². The number of halogens is 1. The first-order valence-electron chi connectivity index (χ1n) is 3.49. The molecular weight excluding hydrogens is 220 g/mol. The van der Waals surface area contributed by atoms with Crippen LogP contribution in [0.1, 0.15) is 15.9 Å². The fourth-order valence-electron chi connectivity index (χ4n) is 0.827. The summed E-state index contributed by atoms with van der Waals surface area (Å²) in [6, 6.07) is 1.79. The Hall–Kier alpha value is -0.900. The van der Waals surface area contributed by atoms with E-state index in [0.29, 0.717) is 5.56 Å². The van der Waals surface area contributed by atoms with E-state index in [4.69, 9.17) is 0 Å². The molecule has 1 N–H and O–H groups in total. The van der Waals surface area contributed by atoms with Crippen molar-refractivity contribution in [3.8, 4) is 0 Å². The molecule has 0 aliphatic heterocycles. The highest BCUT2D eigenvalue weighted by Gasteiger charge is 2.04. The van der Waals surface area contributed by atoms with Crippen molar-refractivity contribution in [2.45, 2.75) is 6.92 Å². The van der Waals surface area contributed by atoms with E-state index in [1.807, 2.05) is 6.92 Å². The van der Waals surface area contributed by atoms with Crippen LogP contribution in [0.4, 0.5) is 0 Å². The van der Waals surface area contributed by atoms with Crippen LogP contribution in [0.3, 0.4) is 0 Å². The van der Waals surface area contributed by atoms with Gasteiger partial charge >= 0.3 is 0 Å². The smallest absolute Gasteiger partial charge is 0.252 e. The molecule has 0 aliphatic rings. The summed E-state index contributed by atoms with van der Waals surface area (Å²) in [5.41, 5.74) is 1.54. The van der Waals surface area contributed by atoms with Crippen LogP contribution in [-0.2, 0) is 0 Å². The second-order valence-electron chi connectivity index (χ2n) is 2.41. The third kappa shape index (κ3) is 1.82. The van der Waals surface area contributed by atoms with Crippen LogP contribution in [0, 0.1) is 6.92 Å². The first kappa shape index (κ1) is 9.19. The number of nitrogens with zero attached hydrogens (tertiary/aromatic N) is 1. The van der Waals surface area contributed by atoms with Gasteiger partial charge in [0.2, 0.25) is 0 Å². The summed E-state index contributed by atoms with van der Waals surface area (Å²) < 4.78 is 0.773. The number of aromatic nitrogens is 1. The molecule has 0 radical (unpaired) electrons. The molecule has 1 heterocycles. The molecule has 0 aliphatic carbocycles. The first-order chi connectivity index (χ1) is 5.65. The molecule has 4 heteroatoms. The van der Waals surface area contributed by atoms with Gasteiger partial charge in [0.25, 0.3) is 5.91 Å². The Morgan fingerprint density at radius 1 is 1.67 bits per heavy atom. The number of carbonyl (C=O) groups is 1. The van der Waals surface area contributed by atoms with E-state index in [-0.39, 0.29) is 5.91 Å². The second-order valence-corrected chi connectivity index (χ2v) is 3.16. The van der Waals surface area contributed by atoms with Crippen LogP contribution in [-0.4, -0.2) is 17.9 Å². The van der Waals surface area contributed by atoms with Crippen LogP contribution in [0.2, 0.25) is 0 Å². The van der Waals surface area contributed by atoms with E-state index in [0.717, 1.165) is 10.2 Å². The van der Waals surface area contributed by atoms with E-state index in [1.165, 1.54) is 6.20 Å². The van der Waals surface area contributed by atoms with Crippen molar-refractivity contribution in [1.82, 2.24) is 10.3 Å². The Labute approximate surface area is 79.3 Å². The monoisotopic (exact) mass is 228 g/mol. The predicted molar refractivity (Wildman–Crippen MR) is 50.1 cm³/mol. The molecule has 1 amide bonds. The standard InChI is InChI=1S/C8H9BrN2O/c1-5-3-6(8(12)10-2)4-11-7(5)9/h3-4H,1-2H3,(H,10,12). The molecule has 0 bridgehead atoms. The van der Waals surface area contributed by atoms with Gasteiger partial charge in [0.15, 0.2) is 0 Å². The lowest BCUT2D eigenvalue weighted by atomic mass is 10.2. The van der Waals surface area contributed by atoms with Gasteiger partial charge in [-0.3, -0.25) is 4.79 Å². The fourth-order valence-corrected chi connectivity index (χ4v) is 1.04. The molecule has 3 nitrogen and oxygen atoms in total. The average molecular weight is 229 g/mol. The van der Waals surface area contributed by atoms with Gasteiger partial charge in [-0.05, 0) is 34.5 Å². The van der Waals surface area contributed by atoms with Crippen molar-refractivity contribution < 1.29 is 4.79 Å². The third-order valence-corrected chi connectivity index (χ3v) is 2.33. The van der Waals surface area contributed by atoms with Crippen molar-refractivity contribution >= 4 is 21.8 Å². The highest BCUT2D eigenvalue weighted by molar-refractivity contribution is 9.10. The summed E-state index contributed by atoms with van der Waals surface area (Å²) in [6.07, 6.45) is 1.54. The average Bonchev–Trinajstić information content (AvgIpc) is 2.08. The molecule has 0 aromatic carbocycles. The zero-order valence-corrected chi connectivity index (χ0v) is 8.47. The zero-order valence-electron chi connectivity index (χ0n) is 6.89. The molecular formula is C8H9BrN2O. The molecule has 12 heavy (non-hydrogen) atoms. The normalized spacial score (nSPS) is 9.58. The van der Waals surface area contributed by atoms with Crippen LogP contribution < -0.4 is 5.32 Å². The van der Waals surface area contributed by atoms with Crippen LogP contribution >= 0.6 is 15.9 Å². The molecule has 0 unspecified atom stereocenters. The van der Waals surface area contributed by atoms with Crippen molar-refractivity contribution in [3.05, 3.63) is 28.0 Å². The number of aryl methyl sites for hydroxylation is 1. The van der Waals surface area contributed by atoms with Gasteiger partial charge < -0.3 is 5.32 Å².